The molecule has 0 radical (unpaired) electrons. The molecule has 0 fully saturated rings. The van der Waals surface area contributed by atoms with Crippen molar-refractivity contribution in [2.45, 2.75) is 4.90 Å². The molecule has 0 unspecified atom stereocenters. The first-order valence-electron chi connectivity index (χ1n) is 7.28. The van der Waals surface area contributed by atoms with Crippen LogP contribution in [-0.4, -0.2) is 29.1 Å². The van der Waals surface area contributed by atoms with Gasteiger partial charge in [0.15, 0.2) is 0 Å². The molecule has 13 heteroatoms. The number of primary sulfonamides is 1. The highest BCUT2D eigenvalue weighted by molar-refractivity contribution is 8.93. The van der Waals surface area contributed by atoms with Crippen LogP contribution in [0.2, 0.25) is 0 Å². The Hall–Kier alpha value is -2.90. The molecule has 0 aliphatic heterocycles. The molecule has 1 heterocycles. The zero-order valence-corrected chi connectivity index (χ0v) is 16.4. The van der Waals surface area contributed by atoms with E-state index in [0.29, 0.717) is 10.4 Å². The highest BCUT2D eigenvalue weighted by Crippen LogP contribution is 2.19. The monoisotopic (exact) mass is 474 g/mol. The summed E-state index contributed by atoms with van der Waals surface area (Å²) in [7, 11) is -3.84. The summed E-state index contributed by atoms with van der Waals surface area (Å²) in [5.74, 6) is -3.80. The third kappa shape index (κ3) is 4.32. The molecule has 28 heavy (non-hydrogen) atoms. The van der Waals surface area contributed by atoms with Gasteiger partial charge in [0, 0.05) is 5.69 Å². The number of nitrogens with two attached hydrogens (primary N) is 2. The number of rotatable bonds is 4. The molecule has 0 bridgehead atoms. The van der Waals surface area contributed by atoms with Gasteiger partial charge >= 0.3 is 0 Å². The molecule has 3 rings (SSSR count). The van der Waals surface area contributed by atoms with Gasteiger partial charge in [0.2, 0.25) is 21.9 Å². The van der Waals surface area contributed by atoms with E-state index in [9.17, 15) is 22.0 Å². The van der Waals surface area contributed by atoms with Gasteiger partial charge in [-0.2, -0.15) is 9.67 Å². The van der Waals surface area contributed by atoms with Gasteiger partial charge in [-0.15, -0.1) is 22.1 Å². The van der Waals surface area contributed by atoms with Crippen LogP contribution in [-0.2, 0) is 10.0 Å². The first kappa shape index (κ1) is 21.4. The van der Waals surface area contributed by atoms with Crippen molar-refractivity contribution < 1.29 is 22.0 Å². The maximum atomic E-state index is 13.8. The molecule has 2 aromatic carbocycles. The average molecular weight is 475 g/mol. The molecule has 0 aliphatic carbocycles. The number of hydrogen-bond acceptors (Lipinski definition) is 7. The second kappa shape index (κ2) is 8.00. The van der Waals surface area contributed by atoms with E-state index in [4.69, 9.17) is 10.9 Å². The molecule has 3 aromatic rings. The number of nitrogens with one attached hydrogen (secondary N) is 1. The molecule has 0 aliphatic rings. The lowest BCUT2D eigenvalue weighted by Gasteiger charge is -2.04. The molecular weight excluding hydrogens is 462 g/mol. The van der Waals surface area contributed by atoms with Crippen LogP contribution in [0.1, 0.15) is 10.4 Å². The van der Waals surface area contributed by atoms with Gasteiger partial charge in [0.05, 0.1) is 4.90 Å². The van der Waals surface area contributed by atoms with Gasteiger partial charge in [-0.3, -0.25) is 4.79 Å². The molecule has 0 spiro atoms. The fourth-order valence-electron chi connectivity index (χ4n) is 2.19. The fraction of sp³-hybridized carbons (Fsp3) is 0. The highest BCUT2D eigenvalue weighted by atomic mass is 79.9. The molecule has 0 atom stereocenters. The quantitative estimate of drug-likeness (QED) is 0.522. The lowest BCUT2D eigenvalue weighted by atomic mass is 10.2. The van der Waals surface area contributed by atoms with E-state index < -0.39 is 39.1 Å². The molecule has 5 N–H and O–H groups in total. The van der Waals surface area contributed by atoms with E-state index in [-0.39, 0.29) is 27.8 Å². The maximum absolute atomic E-state index is 13.8. The van der Waals surface area contributed by atoms with Crippen molar-refractivity contribution in [2.75, 3.05) is 11.1 Å². The molecule has 148 valence electrons. The Labute approximate surface area is 168 Å². The third-order valence-electron chi connectivity index (χ3n) is 3.44. The predicted octanol–water partition coefficient (Wildman–Crippen LogP) is 1.80. The molecule has 0 saturated heterocycles. The first-order chi connectivity index (χ1) is 12.7. The molecule has 0 saturated carbocycles. The fourth-order valence-corrected chi connectivity index (χ4v) is 2.71. The number of aromatic nitrogens is 3. The van der Waals surface area contributed by atoms with Crippen molar-refractivity contribution in [1.82, 2.24) is 14.8 Å². The first-order valence-corrected chi connectivity index (χ1v) is 8.82. The van der Waals surface area contributed by atoms with Gasteiger partial charge < -0.3 is 11.1 Å². The van der Waals surface area contributed by atoms with Gasteiger partial charge in [-0.05, 0) is 36.4 Å². The minimum atomic E-state index is -3.84. The summed E-state index contributed by atoms with van der Waals surface area (Å²) in [4.78, 5) is 16.0. The summed E-state index contributed by atoms with van der Waals surface area (Å²) in [5.41, 5.74) is 5.15. The van der Waals surface area contributed by atoms with E-state index in [1.807, 2.05) is 0 Å². The molecule has 0 amide bonds. The number of carbonyl (C=O) groups excluding carboxylic acids is 1. The second-order valence-electron chi connectivity index (χ2n) is 5.30. The molecule has 9 nitrogen and oxygen atoms in total. The van der Waals surface area contributed by atoms with Crippen molar-refractivity contribution in [1.29, 1.82) is 0 Å². The normalized spacial score (nSPS) is 11.0. The SMILES string of the molecule is Br.Nc1nc(Nc2ccc(S(N)(=O)=O)cc2)nn1C(=O)c1c(F)cccc1F. The topological polar surface area (TPSA) is 146 Å². The number of anilines is 3. The third-order valence-corrected chi connectivity index (χ3v) is 4.37. The predicted molar refractivity (Wildman–Crippen MR) is 102 cm³/mol. The van der Waals surface area contributed by atoms with Gasteiger partial charge in [0.25, 0.3) is 5.91 Å². The number of halogens is 3. The van der Waals surface area contributed by atoms with Crippen LogP contribution in [0.3, 0.4) is 0 Å². The van der Waals surface area contributed by atoms with Gasteiger partial charge in [-0.25, -0.2) is 22.3 Å². The van der Waals surface area contributed by atoms with Crippen LogP contribution in [0, 0.1) is 11.6 Å². The Morgan fingerprint density at radius 3 is 2.18 bits per heavy atom. The molecule has 1 aromatic heterocycles. The Kier molecular flexibility index (Phi) is 6.11. The summed E-state index contributed by atoms with van der Waals surface area (Å²) in [5, 5.41) is 11.5. The number of carbonyl (C=O) groups is 1. The smallest absolute Gasteiger partial charge is 0.287 e. The summed E-state index contributed by atoms with van der Waals surface area (Å²) >= 11 is 0. The maximum Gasteiger partial charge on any atom is 0.287 e. The summed E-state index contributed by atoms with van der Waals surface area (Å²) in [6.45, 7) is 0. The minimum Gasteiger partial charge on any atom is -0.368 e. The zero-order valence-electron chi connectivity index (χ0n) is 13.8. The van der Waals surface area contributed by atoms with Crippen LogP contribution < -0.4 is 16.2 Å². The van der Waals surface area contributed by atoms with E-state index in [2.05, 4.69) is 15.4 Å². The Morgan fingerprint density at radius 2 is 1.64 bits per heavy atom. The lowest BCUT2D eigenvalue weighted by Crippen LogP contribution is -2.19. The van der Waals surface area contributed by atoms with Crippen LogP contribution in [0.25, 0.3) is 0 Å². The van der Waals surface area contributed by atoms with E-state index in [1.165, 1.54) is 24.3 Å². The number of nitrogen functional groups attached to an aromatic ring is 1. The van der Waals surface area contributed by atoms with Gasteiger partial charge in [0.1, 0.15) is 17.2 Å². The Bertz CT molecular complexity index is 1110. The Morgan fingerprint density at radius 1 is 1.07 bits per heavy atom. The van der Waals surface area contributed by atoms with E-state index in [0.717, 1.165) is 18.2 Å². The highest BCUT2D eigenvalue weighted by Gasteiger charge is 2.23. The van der Waals surface area contributed by atoms with Crippen molar-refractivity contribution in [3.63, 3.8) is 0 Å². The van der Waals surface area contributed by atoms with Crippen LogP contribution in [0.4, 0.5) is 26.4 Å². The van der Waals surface area contributed by atoms with Gasteiger partial charge in [-0.1, -0.05) is 6.07 Å². The van der Waals surface area contributed by atoms with E-state index >= 15 is 0 Å². The number of nitrogens with zero attached hydrogens (tertiary/aromatic N) is 3. The van der Waals surface area contributed by atoms with Crippen molar-refractivity contribution in [2.24, 2.45) is 5.14 Å². The lowest BCUT2D eigenvalue weighted by molar-refractivity contribution is 0.0939. The molecular formula is C15H13BrF2N6O3S. The zero-order chi connectivity index (χ0) is 19.8. The van der Waals surface area contributed by atoms with Crippen LogP contribution in [0.5, 0.6) is 0 Å². The Balaban J connectivity index is 0.00000280. The second-order valence-corrected chi connectivity index (χ2v) is 6.86. The van der Waals surface area contributed by atoms with Crippen molar-refractivity contribution >= 4 is 50.5 Å². The summed E-state index contributed by atoms with van der Waals surface area (Å²) < 4.78 is 50.5. The summed E-state index contributed by atoms with van der Waals surface area (Å²) in [6.07, 6.45) is 0. The largest absolute Gasteiger partial charge is 0.368 e. The van der Waals surface area contributed by atoms with Crippen molar-refractivity contribution in [3.05, 3.63) is 59.7 Å². The van der Waals surface area contributed by atoms with Crippen molar-refractivity contribution in [3.8, 4) is 0 Å². The number of hydrogen-bond donors (Lipinski definition) is 3. The standard InChI is InChI=1S/C15H12F2N6O3S.BrH/c16-10-2-1-3-11(17)12(10)13(24)23-14(18)21-15(22-23)20-8-4-6-9(7-5-8)27(19,25)26;/h1-7H,(H2,19,25,26)(H3,18,20,21,22);1H. The summed E-state index contributed by atoms with van der Waals surface area (Å²) in [6, 6.07) is 8.23. The van der Waals surface area contributed by atoms with E-state index in [1.54, 1.807) is 0 Å². The average Bonchev–Trinajstić information content (AvgIpc) is 2.94. The van der Waals surface area contributed by atoms with Crippen LogP contribution in [0.15, 0.2) is 47.4 Å². The number of sulfonamides is 1. The minimum absolute atomic E-state index is 0. The number of benzene rings is 2. The van der Waals surface area contributed by atoms with Crippen LogP contribution >= 0.6 is 17.0 Å².